The van der Waals surface area contributed by atoms with Crippen LogP contribution in [-0.4, -0.2) is 21.0 Å². The van der Waals surface area contributed by atoms with Crippen molar-refractivity contribution < 1.29 is 5.11 Å². The minimum atomic E-state index is -0.390. The fraction of sp³-hybridized carbons (Fsp3) is 0.308. The quantitative estimate of drug-likeness (QED) is 0.940. The summed E-state index contributed by atoms with van der Waals surface area (Å²) in [6, 6.07) is 9.94. The predicted molar refractivity (Wildman–Crippen MR) is 70.8 cm³/mol. The molecule has 0 aliphatic rings. The Bertz CT molecular complexity index is 496. The molecule has 1 atom stereocenters. The largest absolute Gasteiger partial charge is 0.392 e. The number of aromatic nitrogens is 2. The van der Waals surface area contributed by atoms with Crippen LogP contribution in [0, 0.1) is 0 Å². The summed E-state index contributed by atoms with van der Waals surface area (Å²) < 4.78 is 2.79. The van der Waals surface area contributed by atoms with E-state index in [-0.39, 0.29) is 6.10 Å². The topological polar surface area (TPSA) is 38.0 Å². The van der Waals surface area contributed by atoms with Gasteiger partial charge in [-0.05, 0) is 30.2 Å². The zero-order chi connectivity index (χ0) is 12.3. The Morgan fingerprint density at radius 1 is 1.35 bits per heavy atom. The van der Waals surface area contributed by atoms with Crippen molar-refractivity contribution in [1.82, 2.24) is 9.78 Å². The lowest BCUT2D eigenvalue weighted by Gasteiger charge is -2.09. The first-order valence-electron chi connectivity index (χ1n) is 5.54. The Balaban J connectivity index is 1.95. The van der Waals surface area contributed by atoms with Crippen LogP contribution in [0.5, 0.6) is 0 Å². The van der Waals surface area contributed by atoms with Gasteiger partial charge in [0.05, 0.1) is 11.8 Å². The molecule has 1 aromatic carbocycles. The summed E-state index contributed by atoms with van der Waals surface area (Å²) in [6.45, 7) is 0. The lowest BCUT2D eigenvalue weighted by molar-refractivity contribution is 0.174. The van der Waals surface area contributed by atoms with Crippen LogP contribution in [0.1, 0.15) is 11.3 Å². The number of aryl methyl sites for hydroxylation is 1. The molecule has 1 unspecified atom stereocenters. The molecule has 0 fully saturated rings. The standard InChI is InChI=1S/C13H15BrN2O/c1-16-6-5-12(15-16)9-13(17)8-10-3-2-4-11(14)7-10/h2-7,13,17H,8-9H2,1H3. The molecule has 0 aliphatic carbocycles. The monoisotopic (exact) mass is 294 g/mol. The minimum absolute atomic E-state index is 0.390. The van der Waals surface area contributed by atoms with E-state index in [1.807, 2.05) is 43.6 Å². The van der Waals surface area contributed by atoms with Gasteiger partial charge >= 0.3 is 0 Å². The minimum Gasteiger partial charge on any atom is -0.392 e. The second kappa shape index (κ2) is 5.47. The smallest absolute Gasteiger partial charge is 0.0650 e. The maximum Gasteiger partial charge on any atom is 0.0650 e. The van der Waals surface area contributed by atoms with Crippen molar-refractivity contribution in [2.45, 2.75) is 18.9 Å². The van der Waals surface area contributed by atoms with Crippen LogP contribution in [0.3, 0.4) is 0 Å². The molecule has 17 heavy (non-hydrogen) atoms. The molecule has 0 aliphatic heterocycles. The van der Waals surface area contributed by atoms with Crippen molar-refractivity contribution in [3.63, 3.8) is 0 Å². The second-order valence-corrected chi connectivity index (χ2v) is 5.09. The van der Waals surface area contributed by atoms with Gasteiger partial charge in [0.2, 0.25) is 0 Å². The normalized spacial score (nSPS) is 12.6. The summed E-state index contributed by atoms with van der Waals surface area (Å²) in [5, 5.41) is 14.2. The van der Waals surface area contributed by atoms with Crippen LogP contribution in [0.4, 0.5) is 0 Å². The summed E-state index contributed by atoms with van der Waals surface area (Å²) in [7, 11) is 1.88. The molecule has 0 bridgehead atoms. The van der Waals surface area contributed by atoms with Crippen LogP contribution >= 0.6 is 15.9 Å². The van der Waals surface area contributed by atoms with Gasteiger partial charge in [-0.1, -0.05) is 28.1 Å². The lowest BCUT2D eigenvalue weighted by atomic mass is 10.0. The van der Waals surface area contributed by atoms with E-state index in [9.17, 15) is 5.11 Å². The van der Waals surface area contributed by atoms with Crippen molar-refractivity contribution in [1.29, 1.82) is 0 Å². The number of halogens is 1. The molecule has 2 rings (SSSR count). The van der Waals surface area contributed by atoms with Crippen LogP contribution in [0.2, 0.25) is 0 Å². The molecule has 1 N–H and O–H groups in total. The highest BCUT2D eigenvalue weighted by atomic mass is 79.9. The van der Waals surface area contributed by atoms with Gasteiger partial charge in [-0.3, -0.25) is 4.68 Å². The van der Waals surface area contributed by atoms with Gasteiger partial charge in [-0.2, -0.15) is 5.10 Å². The molecule has 0 saturated carbocycles. The molecule has 1 aromatic heterocycles. The summed E-state index contributed by atoms with van der Waals surface area (Å²) in [4.78, 5) is 0. The van der Waals surface area contributed by atoms with Gasteiger partial charge in [0.25, 0.3) is 0 Å². The highest BCUT2D eigenvalue weighted by Crippen LogP contribution is 2.14. The van der Waals surface area contributed by atoms with Gasteiger partial charge in [0, 0.05) is 24.1 Å². The Hall–Kier alpha value is -1.13. The molecule has 1 heterocycles. The number of rotatable bonds is 4. The van der Waals surface area contributed by atoms with Gasteiger partial charge in [-0.15, -0.1) is 0 Å². The molecule has 2 aromatic rings. The Labute approximate surface area is 109 Å². The molecule has 90 valence electrons. The molecule has 4 heteroatoms. The first-order valence-corrected chi connectivity index (χ1v) is 6.34. The van der Waals surface area contributed by atoms with Crippen LogP contribution in [0.15, 0.2) is 41.0 Å². The predicted octanol–water partition coefficient (Wildman–Crippen LogP) is 2.33. The number of aliphatic hydroxyl groups excluding tert-OH is 1. The van der Waals surface area contributed by atoms with Crippen molar-refractivity contribution in [3.05, 3.63) is 52.3 Å². The number of benzene rings is 1. The van der Waals surface area contributed by atoms with Crippen LogP contribution in [0.25, 0.3) is 0 Å². The molecular formula is C13H15BrN2O. The Kier molecular flexibility index (Phi) is 3.97. The van der Waals surface area contributed by atoms with Gasteiger partial charge < -0.3 is 5.11 Å². The highest BCUT2D eigenvalue weighted by molar-refractivity contribution is 9.10. The van der Waals surface area contributed by atoms with Gasteiger partial charge in [0.1, 0.15) is 0 Å². The van der Waals surface area contributed by atoms with E-state index < -0.39 is 0 Å². The van der Waals surface area contributed by atoms with Crippen molar-refractivity contribution in [2.75, 3.05) is 0 Å². The lowest BCUT2D eigenvalue weighted by Crippen LogP contribution is -2.14. The number of hydrogen-bond donors (Lipinski definition) is 1. The average molecular weight is 295 g/mol. The fourth-order valence-electron chi connectivity index (χ4n) is 1.82. The molecule has 0 spiro atoms. The summed E-state index contributed by atoms with van der Waals surface area (Å²) in [5.41, 5.74) is 2.05. The van der Waals surface area contributed by atoms with E-state index in [1.165, 1.54) is 0 Å². The summed E-state index contributed by atoms with van der Waals surface area (Å²) in [6.07, 6.45) is 2.74. The van der Waals surface area contributed by atoms with Gasteiger partial charge in [0.15, 0.2) is 0 Å². The molecule has 3 nitrogen and oxygen atoms in total. The maximum absolute atomic E-state index is 9.99. The zero-order valence-electron chi connectivity index (χ0n) is 9.68. The number of hydrogen-bond acceptors (Lipinski definition) is 2. The third kappa shape index (κ3) is 3.68. The SMILES string of the molecule is Cn1ccc(CC(O)Cc2cccc(Br)c2)n1. The zero-order valence-corrected chi connectivity index (χ0v) is 11.3. The summed E-state index contributed by atoms with van der Waals surface area (Å²) >= 11 is 3.42. The van der Waals surface area contributed by atoms with Crippen LogP contribution < -0.4 is 0 Å². The highest BCUT2D eigenvalue weighted by Gasteiger charge is 2.08. The molecule has 0 radical (unpaired) electrons. The summed E-state index contributed by atoms with van der Waals surface area (Å²) in [5.74, 6) is 0. The molecule has 0 saturated heterocycles. The fourth-order valence-corrected chi connectivity index (χ4v) is 2.27. The van der Waals surface area contributed by atoms with Crippen molar-refractivity contribution in [3.8, 4) is 0 Å². The second-order valence-electron chi connectivity index (χ2n) is 4.17. The third-order valence-electron chi connectivity index (χ3n) is 2.57. The van der Waals surface area contributed by atoms with Crippen LogP contribution in [-0.2, 0) is 19.9 Å². The first-order chi connectivity index (χ1) is 8.13. The van der Waals surface area contributed by atoms with Gasteiger partial charge in [-0.25, -0.2) is 0 Å². The maximum atomic E-state index is 9.99. The Morgan fingerprint density at radius 3 is 2.82 bits per heavy atom. The van der Waals surface area contributed by atoms with E-state index >= 15 is 0 Å². The average Bonchev–Trinajstić information content (AvgIpc) is 2.63. The number of nitrogens with zero attached hydrogens (tertiary/aromatic N) is 2. The van der Waals surface area contributed by atoms with E-state index in [1.54, 1.807) is 4.68 Å². The van der Waals surface area contributed by atoms with E-state index in [4.69, 9.17) is 0 Å². The van der Waals surface area contributed by atoms with Crippen molar-refractivity contribution in [2.24, 2.45) is 7.05 Å². The Morgan fingerprint density at radius 2 is 2.18 bits per heavy atom. The third-order valence-corrected chi connectivity index (χ3v) is 3.07. The number of aliphatic hydroxyl groups is 1. The van der Waals surface area contributed by atoms with E-state index in [0.717, 1.165) is 15.7 Å². The van der Waals surface area contributed by atoms with E-state index in [0.29, 0.717) is 12.8 Å². The molecule has 0 amide bonds. The first kappa shape index (κ1) is 12.3. The van der Waals surface area contributed by atoms with Crippen molar-refractivity contribution >= 4 is 15.9 Å². The van der Waals surface area contributed by atoms with E-state index in [2.05, 4.69) is 21.0 Å². The molecular weight excluding hydrogens is 280 g/mol.